The maximum atomic E-state index is 12.6. The topological polar surface area (TPSA) is 101 Å². The van der Waals surface area contributed by atoms with Crippen molar-refractivity contribution in [2.75, 3.05) is 4.72 Å². The molecule has 0 atom stereocenters. The summed E-state index contributed by atoms with van der Waals surface area (Å²) in [5.74, 6) is 1.27. The number of benzene rings is 1. The van der Waals surface area contributed by atoms with E-state index in [0.717, 1.165) is 24.0 Å². The zero-order valence-electron chi connectivity index (χ0n) is 13.9. The molecule has 0 amide bonds. The zero-order valence-corrected chi connectivity index (χ0v) is 14.7. The van der Waals surface area contributed by atoms with E-state index in [0.29, 0.717) is 29.1 Å². The van der Waals surface area contributed by atoms with Crippen LogP contribution < -0.4 is 4.72 Å². The largest absolute Gasteiger partial charge is 0.419 e. The van der Waals surface area contributed by atoms with Crippen molar-refractivity contribution in [1.82, 2.24) is 15.2 Å². The third-order valence-electron chi connectivity index (χ3n) is 4.04. The van der Waals surface area contributed by atoms with Gasteiger partial charge in [0.05, 0.1) is 0 Å². The number of rotatable bonds is 5. The van der Waals surface area contributed by atoms with E-state index in [1.165, 1.54) is 12.3 Å². The Morgan fingerprint density at radius 3 is 2.52 bits per heavy atom. The molecule has 0 radical (unpaired) electrons. The summed E-state index contributed by atoms with van der Waals surface area (Å²) in [4.78, 5) is 3.01. The highest BCUT2D eigenvalue weighted by atomic mass is 32.2. The third-order valence-corrected chi connectivity index (χ3v) is 5.40. The first-order chi connectivity index (χ1) is 11.9. The van der Waals surface area contributed by atoms with Crippen LogP contribution in [0.15, 0.2) is 39.8 Å². The van der Waals surface area contributed by atoms with Crippen molar-refractivity contribution in [2.24, 2.45) is 0 Å². The van der Waals surface area contributed by atoms with Crippen LogP contribution in [0.4, 0.5) is 5.69 Å². The van der Waals surface area contributed by atoms with Gasteiger partial charge in [0.2, 0.25) is 5.89 Å². The summed E-state index contributed by atoms with van der Waals surface area (Å²) in [6, 6.07) is 7.06. The quantitative estimate of drug-likeness (QED) is 0.728. The molecule has 0 aliphatic heterocycles. The fourth-order valence-corrected chi connectivity index (χ4v) is 3.77. The molecule has 0 spiro atoms. The first-order valence-electron chi connectivity index (χ1n) is 8.04. The highest BCUT2D eigenvalue weighted by Crippen LogP contribution is 2.39. The lowest BCUT2D eigenvalue weighted by molar-refractivity contribution is 0.507. The maximum Gasteiger partial charge on any atom is 0.264 e. The Hall–Kier alpha value is -2.61. The van der Waals surface area contributed by atoms with Crippen molar-refractivity contribution >= 4 is 15.7 Å². The molecule has 1 aliphatic rings. The minimum Gasteiger partial charge on any atom is -0.419 e. The van der Waals surface area contributed by atoms with E-state index in [1.807, 2.05) is 19.9 Å². The molecular weight excluding hydrogens is 340 g/mol. The minimum absolute atomic E-state index is 0.118. The lowest BCUT2D eigenvalue weighted by Crippen LogP contribution is -2.12. The van der Waals surface area contributed by atoms with E-state index < -0.39 is 10.0 Å². The summed E-state index contributed by atoms with van der Waals surface area (Å²) in [5, 5.41) is 8.00. The number of nitrogens with zero attached hydrogens (tertiary/aromatic N) is 2. The van der Waals surface area contributed by atoms with Crippen molar-refractivity contribution in [1.29, 1.82) is 0 Å². The van der Waals surface area contributed by atoms with Crippen LogP contribution >= 0.6 is 0 Å². The second-order valence-corrected chi connectivity index (χ2v) is 8.13. The number of aromatic amines is 1. The van der Waals surface area contributed by atoms with E-state index >= 15 is 0 Å². The number of aryl methyl sites for hydroxylation is 2. The summed E-state index contributed by atoms with van der Waals surface area (Å²) >= 11 is 0. The van der Waals surface area contributed by atoms with Crippen LogP contribution in [-0.4, -0.2) is 23.6 Å². The van der Waals surface area contributed by atoms with Crippen LogP contribution in [0.5, 0.6) is 0 Å². The Morgan fingerprint density at radius 1 is 1.12 bits per heavy atom. The van der Waals surface area contributed by atoms with Gasteiger partial charge in [-0.05, 0) is 56.0 Å². The van der Waals surface area contributed by atoms with Crippen LogP contribution in [0.2, 0.25) is 0 Å². The van der Waals surface area contributed by atoms with Gasteiger partial charge in [-0.2, -0.15) is 0 Å². The Kier molecular flexibility index (Phi) is 3.64. The molecule has 0 saturated heterocycles. The lowest BCUT2D eigenvalue weighted by atomic mass is 10.1. The summed E-state index contributed by atoms with van der Waals surface area (Å²) in [6.45, 7) is 3.85. The predicted octanol–water partition coefficient (Wildman–Crippen LogP) is 3.36. The van der Waals surface area contributed by atoms with Crippen LogP contribution in [0.25, 0.3) is 11.6 Å². The predicted molar refractivity (Wildman–Crippen MR) is 92.8 cm³/mol. The molecule has 0 bridgehead atoms. The highest BCUT2D eigenvalue weighted by molar-refractivity contribution is 7.92. The molecule has 1 saturated carbocycles. The van der Waals surface area contributed by atoms with Gasteiger partial charge in [-0.1, -0.05) is 6.07 Å². The Bertz CT molecular complexity index is 1010. The molecule has 1 aliphatic carbocycles. The first-order valence-corrected chi connectivity index (χ1v) is 9.52. The molecule has 3 aromatic rings. The minimum atomic E-state index is -3.70. The van der Waals surface area contributed by atoms with Crippen LogP contribution in [0.3, 0.4) is 0 Å². The third kappa shape index (κ3) is 3.30. The van der Waals surface area contributed by atoms with Crippen molar-refractivity contribution in [3.05, 3.63) is 47.5 Å². The fraction of sp³-hybridized carbons (Fsp3) is 0.294. The Morgan fingerprint density at radius 2 is 1.84 bits per heavy atom. The summed E-state index contributed by atoms with van der Waals surface area (Å²) in [5.41, 5.74) is 3.01. The standard InChI is InChI=1S/C17H18N4O3S/c1-10-5-11(2)7-13(6-10)21-25(22,23)14-8-15(18-9-14)17-20-19-16(24-17)12-3-4-12/h5-9,12,18,21H,3-4H2,1-2H3. The molecule has 1 fully saturated rings. The lowest BCUT2D eigenvalue weighted by Gasteiger charge is -2.08. The zero-order chi connectivity index (χ0) is 17.6. The normalized spacial score (nSPS) is 14.6. The molecule has 2 heterocycles. The molecule has 2 aromatic heterocycles. The molecule has 130 valence electrons. The number of anilines is 1. The summed E-state index contributed by atoms with van der Waals surface area (Å²) in [6.07, 6.45) is 3.54. The molecule has 7 nitrogen and oxygen atoms in total. The van der Waals surface area contributed by atoms with Crippen LogP contribution in [0.1, 0.15) is 35.8 Å². The first kappa shape index (κ1) is 15.9. The number of hydrogen-bond donors (Lipinski definition) is 2. The molecule has 2 N–H and O–H groups in total. The van der Waals surface area contributed by atoms with Crippen molar-refractivity contribution in [2.45, 2.75) is 37.5 Å². The summed E-state index contributed by atoms with van der Waals surface area (Å²) < 4.78 is 33.4. The van der Waals surface area contributed by atoms with Gasteiger partial charge >= 0.3 is 0 Å². The Balaban J connectivity index is 1.59. The van der Waals surface area contributed by atoms with Gasteiger partial charge in [0.15, 0.2) is 0 Å². The molecule has 25 heavy (non-hydrogen) atoms. The van der Waals surface area contributed by atoms with Gasteiger partial charge in [0.1, 0.15) is 10.6 Å². The van der Waals surface area contributed by atoms with Crippen molar-refractivity contribution in [3.8, 4) is 11.6 Å². The highest BCUT2D eigenvalue weighted by Gasteiger charge is 2.30. The van der Waals surface area contributed by atoms with E-state index in [2.05, 4.69) is 19.9 Å². The Labute approximate surface area is 145 Å². The number of H-pyrrole nitrogens is 1. The van der Waals surface area contributed by atoms with Crippen LogP contribution in [0, 0.1) is 13.8 Å². The van der Waals surface area contributed by atoms with Gasteiger partial charge in [-0.3, -0.25) is 4.72 Å². The molecule has 1 aromatic carbocycles. The second kappa shape index (κ2) is 5.73. The van der Waals surface area contributed by atoms with Crippen molar-refractivity contribution in [3.63, 3.8) is 0 Å². The monoisotopic (exact) mass is 358 g/mol. The van der Waals surface area contributed by atoms with Gasteiger partial charge < -0.3 is 9.40 Å². The molecular formula is C17H18N4O3S. The number of hydrogen-bond acceptors (Lipinski definition) is 5. The molecule has 4 rings (SSSR count). The van der Waals surface area contributed by atoms with E-state index in [9.17, 15) is 8.42 Å². The SMILES string of the molecule is Cc1cc(C)cc(NS(=O)(=O)c2c[nH]c(-c3nnc(C4CC4)o3)c2)c1. The van der Waals surface area contributed by atoms with Crippen molar-refractivity contribution < 1.29 is 12.8 Å². The smallest absolute Gasteiger partial charge is 0.264 e. The molecule has 8 heteroatoms. The van der Waals surface area contributed by atoms with E-state index in [4.69, 9.17) is 4.42 Å². The van der Waals surface area contributed by atoms with Gasteiger partial charge in [0.25, 0.3) is 15.9 Å². The maximum absolute atomic E-state index is 12.6. The second-order valence-electron chi connectivity index (χ2n) is 6.45. The van der Waals surface area contributed by atoms with Gasteiger partial charge in [0, 0.05) is 17.8 Å². The van der Waals surface area contributed by atoms with Gasteiger partial charge in [-0.15, -0.1) is 10.2 Å². The van der Waals surface area contributed by atoms with E-state index in [1.54, 1.807) is 12.1 Å². The molecule has 0 unspecified atom stereocenters. The summed E-state index contributed by atoms with van der Waals surface area (Å²) in [7, 11) is -3.70. The fourth-order valence-electron chi connectivity index (χ4n) is 2.74. The average Bonchev–Trinajstić information content (AvgIpc) is 3.06. The van der Waals surface area contributed by atoms with E-state index in [-0.39, 0.29) is 4.90 Å². The average molecular weight is 358 g/mol. The number of nitrogens with one attached hydrogen (secondary N) is 2. The number of aromatic nitrogens is 3. The number of sulfonamides is 1. The van der Waals surface area contributed by atoms with Crippen LogP contribution in [-0.2, 0) is 10.0 Å². The van der Waals surface area contributed by atoms with Gasteiger partial charge in [-0.25, -0.2) is 8.42 Å².